The van der Waals surface area contributed by atoms with Crippen LogP contribution in [-0.4, -0.2) is 45.2 Å². The summed E-state index contributed by atoms with van der Waals surface area (Å²) in [6.45, 7) is 6.30. The number of para-hydroxylation sites is 1. The van der Waals surface area contributed by atoms with Crippen molar-refractivity contribution in [2.75, 3.05) is 6.54 Å². The van der Waals surface area contributed by atoms with E-state index in [1.807, 2.05) is 30.0 Å². The number of H-pyrrole nitrogens is 1. The number of carbonyl (C=O) groups excluding carboxylic acids is 2. The summed E-state index contributed by atoms with van der Waals surface area (Å²) in [6, 6.07) is 15.8. The molecule has 1 N–H and O–H groups in total. The van der Waals surface area contributed by atoms with Crippen molar-refractivity contribution in [1.29, 1.82) is 0 Å². The maximum atomic E-state index is 13.5. The second-order valence-corrected chi connectivity index (χ2v) is 8.62. The summed E-state index contributed by atoms with van der Waals surface area (Å²) < 4.78 is 0. The molecule has 2 aliphatic rings. The Morgan fingerprint density at radius 2 is 1.93 bits per heavy atom. The molecule has 2 aliphatic heterocycles. The number of nitrogens with zero attached hydrogens (tertiary/aromatic N) is 2. The predicted molar refractivity (Wildman–Crippen MR) is 117 cm³/mol. The third-order valence-corrected chi connectivity index (χ3v) is 6.77. The Morgan fingerprint density at radius 3 is 2.70 bits per heavy atom. The van der Waals surface area contributed by atoms with Crippen LogP contribution in [0.3, 0.4) is 0 Å². The quantitative estimate of drug-likeness (QED) is 0.722. The summed E-state index contributed by atoms with van der Waals surface area (Å²) >= 11 is 0. The fourth-order valence-corrected chi connectivity index (χ4v) is 5.07. The topological polar surface area (TPSA) is 56.4 Å². The van der Waals surface area contributed by atoms with Gasteiger partial charge in [0, 0.05) is 29.1 Å². The number of hydrogen-bond donors (Lipinski definition) is 1. The highest BCUT2D eigenvalue weighted by Crippen LogP contribution is 2.42. The molecule has 5 nitrogen and oxygen atoms in total. The van der Waals surface area contributed by atoms with E-state index in [0.717, 1.165) is 39.7 Å². The summed E-state index contributed by atoms with van der Waals surface area (Å²) in [5, 5.41) is 1.14. The van der Waals surface area contributed by atoms with Crippen molar-refractivity contribution in [3.05, 3.63) is 70.9 Å². The molecule has 2 aromatic carbocycles. The number of hydrogen-bond acceptors (Lipinski definition) is 2. The van der Waals surface area contributed by atoms with E-state index in [-0.39, 0.29) is 30.4 Å². The Hall–Kier alpha value is -3.08. The van der Waals surface area contributed by atoms with E-state index < -0.39 is 6.04 Å². The number of aryl methyl sites for hydroxylation is 1. The fraction of sp³-hybridized carbons (Fsp3) is 0.360. The monoisotopic (exact) mass is 401 g/mol. The van der Waals surface area contributed by atoms with Crippen LogP contribution in [0.15, 0.2) is 48.5 Å². The second kappa shape index (κ2) is 7.01. The molecule has 3 aromatic rings. The maximum absolute atomic E-state index is 13.5. The molecule has 5 rings (SSSR count). The standard InChI is InChI=1S/C25H27N3O2/c1-4-16(3)27-14-22(29)28-21(25(27)30)13-19-18-10-5-6-11-20(18)26-23(19)24(28)17-9-7-8-15(2)12-17/h5-12,16,21,24,26H,4,13-14H2,1-3H3/t16-,21+,24+/m1/s1. The van der Waals surface area contributed by atoms with Crippen molar-refractivity contribution in [3.63, 3.8) is 0 Å². The third-order valence-electron chi connectivity index (χ3n) is 6.77. The van der Waals surface area contributed by atoms with E-state index in [9.17, 15) is 9.59 Å². The molecule has 1 saturated heterocycles. The van der Waals surface area contributed by atoms with Gasteiger partial charge in [0.05, 0.1) is 6.04 Å². The van der Waals surface area contributed by atoms with Gasteiger partial charge in [-0.25, -0.2) is 0 Å². The minimum atomic E-state index is -0.461. The summed E-state index contributed by atoms with van der Waals surface area (Å²) in [5.41, 5.74) is 5.44. The number of nitrogens with one attached hydrogen (secondary N) is 1. The Bertz CT molecular complexity index is 1150. The van der Waals surface area contributed by atoms with E-state index in [4.69, 9.17) is 0 Å². The predicted octanol–water partition coefficient (Wildman–Crippen LogP) is 3.96. The lowest BCUT2D eigenvalue weighted by molar-refractivity contribution is -0.160. The van der Waals surface area contributed by atoms with Crippen LogP contribution in [0.2, 0.25) is 0 Å². The Morgan fingerprint density at radius 1 is 1.13 bits per heavy atom. The lowest BCUT2D eigenvalue weighted by Gasteiger charge is -2.48. The smallest absolute Gasteiger partial charge is 0.246 e. The largest absolute Gasteiger partial charge is 0.356 e. The molecule has 0 aliphatic carbocycles. The molecule has 0 unspecified atom stereocenters. The lowest BCUT2D eigenvalue weighted by Crippen LogP contribution is -2.64. The SMILES string of the molecule is CC[C@@H](C)N1CC(=O)N2[C@@H](c3cccc(C)c3)c3[nH]c4ccccc4c3C[C@H]2C1=O. The van der Waals surface area contributed by atoms with E-state index in [0.29, 0.717) is 6.42 Å². The van der Waals surface area contributed by atoms with Crippen LogP contribution in [0.5, 0.6) is 0 Å². The average Bonchev–Trinajstić information content (AvgIpc) is 3.12. The lowest BCUT2D eigenvalue weighted by atomic mass is 9.85. The summed E-state index contributed by atoms with van der Waals surface area (Å²) in [7, 11) is 0. The highest BCUT2D eigenvalue weighted by Gasteiger charge is 2.48. The van der Waals surface area contributed by atoms with Gasteiger partial charge in [0.25, 0.3) is 0 Å². The van der Waals surface area contributed by atoms with Gasteiger partial charge < -0.3 is 14.8 Å². The molecule has 5 heteroatoms. The van der Waals surface area contributed by atoms with Crippen molar-refractivity contribution in [3.8, 4) is 0 Å². The first kappa shape index (κ1) is 18.9. The summed E-state index contributed by atoms with van der Waals surface area (Å²) in [6.07, 6.45) is 1.39. The van der Waals surface area contributed by atoms with Gasteiger partial charge in [0.15, 0.2) is 0 Å². The third kappa shape index (κ3) is 2.76. The molecule has 30 heavy (non-hydrogen) atoms. The first-order chi connectivity index (χ1) is 14.5. The van der Waals surface area contributed by atoms with Crippen LogP contribution in [0.1, 0.15) is 48.7 Å². The molecule has 2 amide bonds. The molecular formula is C25H27N3O2. The van der Waals surface area contributed by atoms with Crippen molar-refractivity contribution in [2.45, 2.75) is 51.7 Å². The highest BCUT2D eigenvalue weighted by atomic mass is 16.2. The average molecular weight is 402 g/mol. The zero-order chi connectivity index (χ0) is 21.0. The number of carbonyl (C=O) groups is 2. The molecule has 0 bridgehead atoms. The van der Waals surface area contributed by atoms with E-state index in [2.05, 4.69) is 49.2 Å². The van der Waals surface area contributed by atoms with Gasteiger partial charge in [-0.3, -0.25) is 9.59 Å². The van der Waals surface area contributed by atoms with Crippen LogP contribution < -0.4 is 0 Å². The second-order valence-electron chi connectivity index (χ2n) is 8.62. The summed E-state index contributed by atoms with van der Waals surface area (Å²) in [4.78, 5) is 34.1. The number of aromatic nitrogens is 1. The Balaban J connectivity index is 1.71. The Kier molecular flexibility index (Phi) is 4.42. The van der Waals surface area contributed by atoms with E-state index >= 15 is 0 Å². The van der Waals surface area contributed by atoms with Crippen LogP contribution in [0, 0.1) is 6.92 Å². The normalized spacial score (nSPS) is 22.2. The Labute approximate surface area is 176 Å². The molecule has 3 atom stereocenters. The van der Waals surface area contributed by atoms with Gasteiger partial charge in [-0.1, -0.05) is 55.0 Å². The maximum Gasteiger partial charge on any atom is 0.246 e. The van der Waals surface area contributed by atoms with Crippen LogP contribution >= 0.6 is 0 Å². The van der Waals surface area contributed by atoms with Crippen molar-refractivity contribution in [1.82, 2.24) is 14.8 Å². The number of fused-ring (bicyclic) bond motifs is 4. The number of rotatable bonds is 3. The minimum absolute atomic E-state index is 0.0238. The van der Waals surface area contributed by atoms with Gasteiger partial charge in [0.2, 0.25) is 11.8 Å². The molecule has 154 valence electrons. The van der Waals surface area contributed by atoms with Crippen molar-refractivity contribution >= 4 is 22.7 Å². The van der Waals surface area contributed by atoms with Crippen LogP contribution in [0.4, 0.5) is 0 Å². The number of piperazine rings is 1. The van der Waals surface area contributed by atoms with Crippen LogP contribution in [-0.2, 0) is 16.0 Å². The molecule has 1 fully saturated rings. The zero-order valence-electron chi connectivity index (χ0n) is 17.7. The molecule has 3 heterocycles. The first-order valence-corrected chi connectivity index (χ1v) is 10.8. The summed E-state index contributed by atoms with van der Waals surface area (Å²) in [5.74, 6) is 0.0910. The highest BCUT2D eigenvalue weighted by molar-refractivity contribution is 5.97. The first-order valence-electron chi connectivity index (χ1n) is 10.8. The van der Waals surface area contributed by atoms with Gasteiger partial charge in [-0.15, -0.1) is 0 Å². The molecule has 0 spiro atoms. The van der Waals surface area contributed by atoms with Gasteiger partial charge in [-0.05, 0) is 37.5 Å². The van der Waals surface area contributed by atoms with E-state index in [1.54, 1.807) is 4.90 Å². The number of aromatic amines is 1. The van der Waals surface area contributed by atoms with Gasteiger partial charge >= 0.3 is 0 Å². The van der Waals surface area contributed by atoms with Crippen molar-refractivity contribution < 1.29 is 9.59 Å². The molecule has 0 saturated carbocycles. The number of amides is 2. The molecular weight excluding hydrogens is 374 g/mol. The van der Waals surface area contributed by atoms with Crippen molar-refractivity contribution in [2.24, 2.45) is 0 Å². The zero-order valence-corrected chi connectivity index (χ0v) is 17.7. The van der Waals surface area contributed by atoms with Crippen LogP contribution in [0.25, 0.3) is 10.9 Å². The van der Waals surface area contributed by atoms with E-state index in [1.165, 1.54) is 0 Å². The minimum Gasteiger partial charge on any atom is -0.356 e. The molecule has 0 radical (unpaired) electrons. The molecule has 1 aromatic heterocycles. The number of benzene rings is 2. The van der Waals surface area contributed by atoms with Gasteiger partial charge in [0.1, 0.15) is 12.6 Å². The van der Waals surface area contributed by atoms with Gasteiger partial charge in [-0.2, -0.15) is 0 Å². The fourth-order valence-electron chi connectivity index (χ4n) is 5.07.